The highest BCUT2D eigenvalue weighted by atomic mass is 16.5. The highest BCUT2D eigenvalue weighted by Gasteiger charge is 2.20. The molecule has 29 heavy (non-hydrogen) atoms. The van der Waals surface area contributed by atoms with Crippen molar-refractivity contribution in [2.75, 3.05) is 20.8 Å². The molecule has 0 unspecified atom stereocenters. The quantitative estimate of drug-likeness (QED) is 0.578. The van der Waals surface area contributed by atoms with Crippen LogP contribution in [-0.4, -0.2) is 42.9 Å². The summed E-state index contributed by atoms with van der Waals surface area (Å²) < 4.78 is 13.2. The normalized spacial score (nSPS) is 11.4. The summed E-state index contributed by atoms with van der Waals surface area (Å²) in [7, 11) is 3.13. The van der Waals surface area contributed by atoms with Crippen molar-refractivity contribution in [1.82, 2.24) is 9.88 Å². The third-order valence-corrected chi connectivity index (χ3v) is 5.15. The van der Waals surface area contributed by atoms with Gasteiger partial charge in [0.2, 0.25) is 0 Å². The second-order valence-electron chi connectivity index (χ2n) is 7.51. The van der Waals surface area contributed by atoms with Crippen LogP contribution >= 0.6 is 0 Å². The van der Waals surface area contributed by atoms with Gasteiger partial charge in [0.25, 0.3) is 0 Å². The van der Waals surface area contributed by atoms with Gasteiger partial charge in [-0.25, -0.2) is 0 Å². The van der Waals surface area contributed by atoms with Gasteiger partial charge in [0.1, 0.15) is 11.5 Å². The molecule has 0 atom stereocenters. The highest BCUT2D eigenvalue weighted by Crippen LogP contribution is 2.37. The number of carbonyl (C=O) groups is 2. The van der Waals surface area contributed by atoms with Crippen LogP contribution < -0.4 is 14.8 Å². The Kier molecular flexibility index (Phi) is 5.94. The van der Waals surface area contributed by atoms with E-state index in [4.69, 9.17) is 9.47 Å². The Labute approximate surface area is 170 Å². The maximum absolute atomic E-state index is 12.2. The molecule has 1 heterocycles. The van der Waals surface area contributed by atoms with Crippen LogP contribution in [0.25, 0.3) is 21.8 Å². The fraction of sp³-hybridized carbons (Fsp3) is 0.391. The lowest BCUT2D eigenvalue weighted by Gasteiger charge is -2.13. The molecule has 6 heteroatoms. The molecule has 0 aliphatic heterocycles. The monoisotopic (exact) mass is 396 g/mol. The molecule has 1 N–H and O–H groups in total. The van der Waals surface area contributed by atoms with Crippen molar-refractivity contribution in [3.8, 4) is 11.5 Å². The van der Waals surface area contributed by atoms with E-state index in [1.807, 2.05) is 24.3 Å². The van der Waals surface area contributed by atoms with E-state index in [0.29, 0.717) is 28.7 Å². The first kappa shape index (κ1) is 20.9. The Morgan fingerprint density at radius 2 is 1.34 bits per heavy atom. The van der Waals surface area contributed by atoms with Crippen molar-refractivity contribution < 1.29 is 19.1 Å². The predicted octanol–water partition coefficient (Wildman–Crippen LogP) is 4.21. The maximum Gasteiger partial charge on any atom is 0.163 e. The molecule has 0 bridgehead atoms. The standard InChI is InChI=1S/C23H28N2O4/c1-13(2)24-7-8-25-20-11-22(28-5)16(14(3)26)9-18(20)19-10-17(15(4)27)23(29-6)12-21(19)25/h9-13,24H,7-8H2,1-6H3. The van der Waals surface area contributed by atoms with Gasteiger partial charge in [-0.15, -0.1) is 0 Å². The zero-order chi connectivity index (χ0) is 21.3. The lowest BCUT2D eigenvalue weighted by atomic mass is 10.0. The van der Waals surface area contributed by atoms with E-state index < -0.39 is 0 Å². The molecule has 2 aromatic carbocycles. The Morgan fingerprint density at radius 1 is 0.897 bits per heavy atom. The largest absolute Gasteiger partial charge is 0.496 e. The molecular formula is C23H28N2O4. The zero-order valence-corrected chi connectivity index (χ0v) is 17.9. The van der Waals surface area contributed by atoms with Crippen LogP contribution in [-0.2, 0) is 6.54 Å². The second kappa shape index (κ2) is 8.25. The fourth-order valence-corrected chi connectivity index (χ4v) is 3.74. The van der Waals surface area contributed by atoms with E-state index in [2.05, 4.69) is 23.7 Å². The van der Waals surface area contributed by atoms with Crippen LogP contribution in [0.2, 0.25) is 0 Å². The molecule has 0 spiro atoms. The number of nitrogens with zero attached hydrogens (tertiary/aromatic N) is 1. The smallest absolute Gasteiger partial charge is 0.163 e. The number of ether oxygens (including phenoxy) is 2. The number of hydrogen-bond donors (Lipinski definition) is 1. The fourth-order valence-electron chi connectivity index (χ4n) is 3.74. The Bertz CT molecular complexity index is 1020. The molecule has 0 aliphatic carbocycles. The molecular weight excluding hydrogens is 368 g/mol. The Morgan fingerprint density at radius 3 is 1.69 bits per heavy atom. The summed E-state index contributed by atoms with van der Waals surface area (Å²) in [6.45, 7) is 8.78. The zero-order valence-electron chi connectivity index (χ0n) is 17.9. The van der Waals surface area contributed by atoms with E-state index in [0.717, 1.165) is 34.9 Å². The number of fused-ring (bicyclic) bond motifs is 3. The number of Topliss-reactive ketones (excluding diaryl/α,β-unsaturated/α-hetero) is 2. The first-order valence-electron chi connectivity index (χ1n) is 9.75. The van der Waals surface area contributed by atoms with Crippen molar-refractivity contribution >= 4 is 33.4 Å². The minimum atomic E-state index is -0.0635. The molecule has 6 nitrogen and oxygen atoms in total. The van der Waals surface area contributed by atoms with E-state index in [9.17, 15) is 9.59 Å². The number of aromatic nitrogens is 1. The van der Waals surface area contributed by atoms with Gasteiger partial charge in [0.05, 0.1) is 36.4 Å². The Balaban J connectivity index is 2.36. The minimum absolute atomic E-state index is 0.0635. The van der Waals surface area contributed by atoms with Crippen LogP contribution in [0.3, 0.4) is 0 Å². The number of hydrogen-bond acceptors (Lipinski definition) is 5. The first-order chi connectivity index (χ1) is 13.8. The number of rotatable bonds is 8. The molecule has 0 saturated carbocycles. The molecule has 0 fully saturated rings. The molecule has 0 aliphatic rings. The van der Waals surface area contributed by atoms with Crippen LogP contribution in [0, 0.1) is 0 Å². The number of benzene rings is 2. The molecule has 3 rings (SSSR count). The van der Waals surface area contributed by atoms with E-state index in [1.54, 1.807) is 14.2 Å². The molecule has 0 saturated heterocycles. The summed E-state index contributed by atoms with van der Waals surface area (Å²) >= 11 is 0. The van der Waals surface area contributed by atoms with Gasteiger partial charge < -0.3 is 19.4 Å². The molecule has 0 amide bonds. The third kappa shape index (κ3) is 3.85. The number of nitrogens with one attached hydrogen (secondary N) is 1. The van der Waals surface area contributed by atoms with Gasteiger partial charge >= 0.3 is 0 Å². The number of methoxy groups -OCH3 is 2. The van der Waals surface area contributed by atoms with Crippen molar-refractivity contribution in [1.29, 1.82) is 0 Å². The minimum Gasteiger partial charge on any atom is -0.496 e. The summed E-state index contributed by atoms with van der Waals surface area (Å²) in [6, 6.07) is 7.91. The first-order valence-corrected chi connectivity index (χ1v) is 9.75. The van der Waals surface area contributed by atoms with Crippen molar-refractivity contribution in [2.45, 2.75) is 40.3 Å². The number of carbonyl (C=O) groups excluding carboxylic acids is 2. The van der Waals surface area contributed by atoms with Gasteiger partial charge in [0.15, 0.2) is 11.6 Å². The molecule has 3 aromatic rings. The maximum atomic E-state index is 12.2. The summed E-state index contributed by atoms with van der Waals surface area (Å²) in [5.41, 5.74) is 2.96. The van der Waals surface area contributed by atoms with Gasteiger partial charge in [-0.05, 0) is 26.0 Å². The van der Waals surface area contributed by atoms with Gasteiger partial charge in [-0.3, -0.25) is 9.59 Å². The molecule has 154 valence electrons. The Hall–Kier alpha value is -2.86. The summed E-state index contributed by atoms with van der Waals surface area (Å²) in [5, 5.41) is 5.27. The lowest BCUT2D eigenvalue weighted by Crippen LogP contribution is -2.26. The predicted molar refractivity (Wildman–Crippen MR) is 116 cm³/mol. The highest BCUT2D eigenvalue weighted by molar-refractivity contribution is 6.14. The average Bonchev–Trinajstić information content (AvgIpc) is 2.97. The van der Waals surface area contributed by atoms with Gasteiger partial charge in [-0.2, -0.15) is 0 Å². The summed E-state index contributed by atoms with van der Waals surface area (Å²) in [5.74, 6) is 0.965. The van der Waals surface area contributed by atoms with Crippen LogP contribution in [0.1, 0.15) is 48.4 Å². The molecule has 0 radical (unpaired) electrons. The average molecular weight is 396 g/mol. The van der Waals surface area contributed by atoms with Crippen LogP contribution in [0.5, 0.6) is 11.5 Å². The van der Waals surface area contributed by atoms with Crippen molar-refractivity contribution in [3.63, 3.8) is 0 Å². The van der Waals surface area contributed by atoms with E-state index >= 15 is 0 Å². The summed E-state index contributed by atoms with van der Waals surface area (Å²) in [6.07, 6.45) is 0. The van der Waals surface area contributed by atoms with Gasteiger partial charge in [-0.1, -0.05) is 13.8 Å². The topological polar surface area (TPSA) is 69.6 Å². The van der Waals surface area contributed by atoms with Crippen LogP contribution in [0.15, 0.2) is 24.3 Å². The van der Waals surface area contributed by atoms with Crippen molar-refractivity contribution in [3.05, 3.63) is 35.4 Å². The second-order valence-corrected chi connectivity index (χ2v) is 7.51. The SMILES string of the molecule is COc1cc2c(cc1C(C)=O)c1cc(C(C)=O)c(OC)cc1n2CCNC(C)C. The lowest BCUT2D eigenvalue weighted by molar-refractivity contribution is 0.100. The third-order valence-electron chi connectivity index (χ3n) is 5.15. The molecule has 1 aromatic heterocycles. The summed E-state index contributed by atoms with van der Waals surface area (Å²) in [4.78, 5) is 24.3. The van der Waals surface area contributed by atoms with Crippen LogP contribution in [0.4, 0.5) is 0 Å². The van der Waals surface area contributed by atoms with E-state index in [1.165, 1.54) is 13.8 Å². The van der Waals surface area contributed by atoms with Gasteiger partial charge in [0, 0.05) is 42.0 Å². The number of ketones is 2. The van der Waals surface area contributed by atoms with E-state index in [-0.39, 0.29) is 11.6 Å². The van der Waals surface area contributed by atoms with Crippen molar-refractivity contribution in [2.24, 2.45) is 0 Å².